The maximum absolute atomic E-state index is 12.6. The van der Waals surface area contributed by atoms with Gasteiger partial charge in [-0.2, -0.15) is 0 Å². The highest BCUT2D eigenvalue weighted by Gasteiger charge is 2.34. The van der Waals surface area contributed by atoms with E-state index in [9.17, 15) is 22.8 Å². The molecule has 120 valence electrons. The molecule has 0 aliphatic heterocycles. The molecule has 0 aliphatic carbocycles. The Hall–Kier alpha value is -2.23. The predicted molar refractivity (Wildman–Crippen MR) is 79.7 cm³/mol. The molecule has 2 aromatic rings. The van der Waals surface area contributed by atoms with Crippen LogP contribution in [-0.4, -0.2) is 45.4 Å². The number of aromatic nitrogens is 4. The summed E-state index contributed by atoms with van der Waals surface area (Å²) in [5.74, 6) is -0.966. The number of sulfone groups is 1. The second kappa shape index (κ2) is 4.90. The number of hydrogen-bond donors (Lipinski definition) is 1. The summed E-state index contributed by atoms with van der Waals surface area (Å²) >= 11 is 0. The van der Waals surface area contributed by atoms with Gasteiger partial charge in [0.2, 0.25) is 5.91 Å². The van der Waals surface area contributed by atoms with E-state index in [1.165, 1.54) is 20.9 Å². The first-order valence-corrected chi connectivity index (χ1v) is 8.39. The molecule has 2 heterocycles. The Morgan fingerprint density at radius 1 is 1.36 bits per heavy atom. The largest absolute Gasteiger partial charge is 0.329 e. The van der Waals surface area contributed by atoms with Crippen LogP contribution in [-0.2, 0) is 16.9 Å². The summed E-state index contributed by atoms with van der Waals surface area (Å²) in [4.78, 5) is 42.0. The number of hydrogen-bond acceptors (Lipinski definition) is 6. The van der Waals surface area contributed by atoms with Crippen molar-refractivity contribution < 1.29 is 13.2 Å². The average molecular weight is 328 g/mol. The average Bonchev–Trinajstić information content (AvgIpc) is 2.77. The van der Waals surface area contributed by atoms with Crippen LogP contribution in [0, 0.1) is 5.41 Å². The molecule has 0 unspecified atom stereocenters. The lowest BCUT2D eigenvalue weighted by atomic mass is 9.95. The highest BCUT2D eigenvalue weighted by atomic mass is 32.2. The lowest BCUT2D eigenvalue weighted by Gasteiger charge is -2.22. The number of imidazole rings is 1. The smallest absolute Gasteiger partial charge is 0.279 e. The van der Waals surface area contributed by atoms with Gasteiger partial charge in [0.25, 0.3) is 5.56 Å². The summed E-state index contributed by atoms with van der Waals surface area (Å²) in [6.45, 7) is 2.94. The highest BCUT2D eigenvalue weighted by Crippen LogP contribution is 2.22. The highest BCUT2D eigenvalue weighted by molar-refractivity contribution is 7.90. The zero-order valence-electron chi connectivity index (χ0n) is 12.6. The van der Waals surface area contributed by atoms with E-state index in [1.807, 2.05) is 0 Å². The fourth-order valence-corrected chi connectivity index (χ4v) is 3.76. The first kappa shape index (κ1) is 16.1. The van der Waals surface area contributed by atoms with E-state index >= 15 is 0 Å². The summed E-state index contributed by atoms with van der Waals surface area (Å²) in [7, 11) is -1.99. The van der Waals surface area contributed by atoms with Crippen LogP contribution in [0.5, 0.6) is 0 Å². The number of fused-ring (bicyclic) bond motifs is 1. The van der Waals surface area contributed by atoms with Crippen molar-refractivity contribution in [3.05, 3.63) is 27.2 Å². The van der Waals surface area contributed by atoms with Crippen LogP contribution in [0.15, 0.2) is 15.9 Å². The predicted octanol–water partition coefficient (Wildman–Crippen LogP) is -0.866. The van der Waals surface area contributed by atoms with Gasteiger partial charge in [0.1, 0.15) is 16.2 Å². The van der Waals surface area contributed by atoms with Crippen molar-refractivity contribution in [1.29, 1.82) is 0 Å². The molecular weight excluding hydrogens is 312 g/mol. The normalized spacial score (nSPS) is 12.7. The topological polar surface area (TPSA) is 124 Å². The molecule has 0 radical (unpaired) electrons. The number of rotatable bonds is 3. The zero-order chi connectivity index (χ0) is 16.9. The van der Waals surface area contributed by atoms with Crippen LogP contribution < -0.4 is 11.2 Å². The van der Waals surface area contributed by atoms with Gasteiger partial charge >= 0.3 is 5.69 Å². The number of nitrogens with zero attached hydrogens (tertiary/aromatic N) is 3. The third-order valence-electron chi connectivity index (χ3n) is 3.23. The number of aryl methyl sites for hydroxylation is 1. The lowest BCUT2D eigenvalue weighted by Crippen LogP contribution is -2.37. The van der Waals surface area contributed by atoms with E-state index in [-0.39, 0.29) is 16.9 Å². The van der Waals surface area contributed by atoms with Gasteiger partial charge in [-0.05, 0) is 0 Å². The Labute approximate surface area is 125 Å². The monoisotopic (exact) mass is 328 g/mol. The third kappa shape index (κ3) is 2.73. The molecule has 0 aliphatic rings. The second-order valence-electron chi connectivity index (χ2n) is 5.86. The maximum atomic E-state index is 12.6. The molecule has 0 amide bonds. The Balaban J connectivity index is 2.67. The number of carbonyl (C=O) groups is 1. The van der Waals surface area contributed by atoms with Crippen molar-refractivity contribution in [2.75, 3.05) is 12.0 Å². The summed E-state index contributed by atoms with van der Waals surface area (Å²) in [6, 6.07) is 0. The molecular formula is C12H16N4O5S. The molecule has 22 heavy (non-hydrogen) atoms. The fraction of sp³-hybridized carbons (Fsp3) is 0.500. The van der Waals surface area contributed by atoms with E-state index in [0.29, 0.717) is 0 Å². The van der Waals surface area contributed by atoms with Gasteiger partial charge in [0.05, 0.1) is 11.2 Å². The van der Waals surface area contributed by atoms with Crippen LogP contribution in [0.2, 0.25) is 0 Å². The van der Waals surface area contributed by atoms with Gasteiger partial charge in [-0.1, -0.05) is 13.8 Å². The SMILES string of the molecule is Cn1c(=O)[nH]c(=O)c2c1ncn2C(=O)C(C)(C)CS(C)(=O)=O. The van der Waals surface area contributed by atoms with Crippen LogP contribution >= 0.6 is 0 Å². The molecule has 0 bridgehead atoms. The summed E-state index contributed by atoms with van der Waals surface area (Å²) in [5, 5.41) is 0. The van der Waals surface area contributed by atoms with Crippen LogP contribution in [0.4, 0.5) is 0 Å². The number of nitrogens with one attached hydrogen (secondary N) is 1. The Bertz CT molecular complexity index is 977. The van der Waals surface area contributed by atoms with E-state index < -0.39 is 32.4 Å². The van der Waals surface area contributed by atoms with Gasteiger partial charge in [-0.25, -0.2) is 18.2 Å². The number of aromatic amines is 1. The molecule has 9 nitrogen and oxygen atoms in total. The number of H-pyrrole nitrogens is 1. The summed E-state index contributed by atoms with van der Waals surface area (Å²) in [6.07, 6.45) is 2.15. The van der Waals surface area contributed by atoms with E-state index in [0.717, 1.165) is 21.7 Å². The van der Waals surface area contributed by atoms with Crippen molar-refractivity contribution >= 4 is 26.9 Å². The molecule has 0 aromatic carbocycles. The van der Waals surface area contributed by atoms with Crippen molar-refractivity contribution in [1.82, 2.24) is 19.1 Å². The third-order valence-corrected chi connectivity index (χ3v) is 4.47. The second-order valence-corrected chi connectivity index (χ2v) is 8.00. The van der Waals surface area contributed by atoms with Crippen LogP contribution in [0.3, 0.4) is 0 Å². The first-order valence-electron chi connectivity index (χ1n) is 6.33. The molecule has 2 aromatic heterocycles. The van der Waals surface area contributed by atoms with Gasteiger partial charge in [-0.3, -0.25) is 23.7 Å². The Morgan fingerprint density at radius 2 is 1.95 bits per heavy atom. The van der Waals surface area contributed by atoms with Gasteiger partial charge in [-0.15, -0.1) is 0 Å². The van der Waals surface area contributed by atoms with Crippen molar-refractivity contribution in [2.45, 2.75) is 13.8 Å². The Morgan fingerprint density at radius 3 is 2.50 bits per heavy atom. The molecule has 10 heteroatoms. The van der Waals surface area contributed by atoms with Crippen molar-refractivity contribution in [3.63, 3.8) is 0 Å². The summed E-state index contributed by atoms with van der Waals surface area (Å²) < 4.78 is 25.0. The minimum atomic E-state index is -3.39. The maximum Gasteiger partial charge on any atom is 0.329 e. The molecule has 0 saturated heterocycles. The molecule has 0 fully saturated rings. The molecule has 1 N–H and O–H groups in total. The first-order chi connectivity index (χ1) is 9.94. The minimum Gasteiger partial charge on any atom is -0.279 e. The van der Waals surface area contributed by atoms with E-state index in [4.69, 9.17) is 0 Å². The molecule has 0 atom stereocenters. The van der Waals surface area contributed by atoms with Crippen LogP contribution in [0.1, 0.15) is 18.6 Å². The van der Waals surface area contributed by atoms with E-state index in [2.05, 4.69) is 9.97 Å². The Kier molecular flexibility index (Phi) is 3.60. The van der Waals surface area contributed by atoms with Crippen LogP contribution in [0.25, 0.3) is 11.2 Å². The minimum absolute atomic E-state index is 0.0530. The molecule has 2 rings (SSSR count). The molecule has 0 saturated carbocycles. The fourth-order valence-electron chi connectivity index (χ4n) is 2.33. The lowest BCUT2D eigenvalue weighted by molar-refractivity contribution is 0.0774. The van der Waals surface area contributed by atoms with Crippen molar-refractivity contribution in [3.8, 4) is 0 Å². The standard InChI is InChI=1S/C12H16N4O5S/c1-12(2,5-22(4,20)21)10(18)16-6-13-8-7(16)9(17)14-11(19)15(8)3/h6H,5H2,1-4H3,(H,14,17,19). The van der Waals surface area contributed by atoms with Gasteiger partial charge < -0.3 is 0 Å². The number of carbonyl (C=O) groups excluding carboxylic acids is 1. The zero-order valence-corrected chi connectivity index (χ0v) is 13.4. The van der Waals surface area contributed by atoms with Gasteiger partial charge in [0, 0.05) is 13.3 Å². The quantitative estimate of drug-likeness (QED) is 0.781. The van der Waals surface area contributed by atoms with Crippen molar-refractivity contribution in [2.24, 2.45) is 12.5 Å². The van der Waals surface area contributed by atoms with Gasteiger partial charge in [0.15, 0.2) is 11.2 Å². The summed E-state index contributed by atoms with van der Waals surface area (Å²) in [5.41, 5.74) is -2.68. The van der Waals surface area contributed by atoms with E-state index in [1.54, 1.807) is 0 Å². The molecule has 0 spiro atoms.